The Kier molecular flexibility index (Phi) is 6.11. The Morgan fingerprint density at radius 2 is 1.76 bits per heavy atom. The number of rotatable bonds is 6. The van der Waals surface area contributed by atoms with Crippen LogP contribution in [0.1, 0.15) is 45.6 Å². The van der Waals surface area contributed by atoms with E-state index in [1.807, 2.05) is 26.0 Å². The van der Waals surface area contributed by atoms with Gasteiger partial charge in [0.1, 0.15) is 0 Å². The summed E-state index contributed by atoms with van der Waals surface area (Å²) in [5, 5.41) is 0. The maximum atomic E-state index is 13.4. The van der Waals surface area contributed by atoms with Gasteiger partial charge in [-0.3, -0.25) is 14.8 Å². The van der Waals surface area contributed by atoms with Crippen LogP contribution < -0.4 is 0 Å². The van der Waals surface area contributed by atoms with Gasteiger partial charge in [-0.1, -0.05) is 12.1 Å². The van der Waals surface area contributed by atoms with Gasteiger partial charge in [-0.05, 0) is 68.1 Å². The smallest absolute Gasteiger partial charge is 0.294 e. The third-order valence-corrected chi connectivity index (χ3v) is 4.63. The molecule has 0 unspecified atom stereocenters. The molecule has 3 aromatic rings. The Morgan fingerprint density at radius 3 is 2.38 bits per heavy atom. The molecule has 1 aromatic carbocycles. The Balaban J connectivity index is 1.81. The number of hydrogen-bond acceptors (Lipinski definition) is 3. The van der Waals surface area contributed by atoms with Crippen molar-refractivity contribution in [3.63, 3.8) is 0 Å². The van der Waals surface area contributed by atoms with Crippen LogP contribution in [0.3, 0.4) is 0 Å². The predicted octanol–water partition coefficient (Wildman–Crippen LogP) is 5.98. The fourth-order valence-corrected chi connectivity index (χ4v) is 2.98. The van der Waals surface area contributed by atoms with E-state index in [1.165, 1.54) is 6.07 Å². The molecule has 150 valence electrons. The van der Waals surface area contributed by atoms with Crippen molar-refractivity contribution in [1.29, 1.82) is 0 Å². The Labute approximate surface area is 167 Å². The molecule has 0 saturated heterocycles. The lowest BCUT2D eigenvalue weighted by Gasteiger charge is -2.12. The van der Waals surface area contributed by atoms with E-state index in [4.69, 9.17) is 0 Å². The molecule has 3 nitrogen and oxygen atoms in total. The van der Waals surface area contributed by atoms with Gasteiger partial charge < -0.3 is 0 Å². The maximum Gasteiger partial charge on any atom is 0.416 e. The summed E-state index contributed by atoms with van der Waals surface area (Å²) in [7, 11) is 0. The third kappa shape index (κ3) is 5.50. The number of aromatic nitrogens is 2. The minimum absolute atomic E-state index is 0.0548. The highest BCUT2D eigenvalue weighted by molar-refractivity contribution is 5.97. The average Bonchev–Trinajstić information content (AvgIpc) is 2.69. The summed E-state index contributed by atoms with van der Waals surface area (Å²) < 4.78 is 40.1. The van der Waals surface area contributed by atoms with Crippen molar-refractivity contribution in [1.82, 2.24) is 9.97 Å². The van der Waals surface area contributed by atoms with Gasteiger partial charge in [-0.25, -0.2) is 0 Å². The van der Waals surface area contributed by atoms with Crippen molar-refractivity contribution in [3.8, 4) is 11.3 Å². The van der Waals surface area contributed by atoms with E-state index in [0.717, 1.165) is 29.0 Å². The zero-order chi connectivity index (χ0) is 21.0. The van der Waals surface area contributed by atoms with E-state index >= 15 is 0 Å². The molecule has 0 amide bonds. The van der Waals surface area contributed by atoms with Gasteiger partial charge in [0.25, 0.3) is 0 Å². The fourth-order valence-electron chi connectivity index (χ4n) is 2.98. The van der Waals surface area contributed by atoms with Crippen molar-refractivity contribution < 1.29 is 18.0 Å². The zero-order valence-electron chi connectivity index (χ0n) is 16.3. The van der Waals surface area contributed by atoms with Crippen LogP contribution in [0.25, 0.3) is 11.3 Å². The molecule has 0 N–H and O–H groups in total. The van der Waals surface area contributed by atoms with Crippen molar-refractivity contribution in [2.24, 2.45) is 0 Å². The standard InChI is InChI=1S/C23H21F3N2O/c1-15-6-9-21(28-13-15)18-10-19(12-20(11-18)23(24,25)26)22(29)5-3-4-17-8-7-16(2)27-14-17/h6-14H,3-5H2,1-2H3. The van der Waals surface area contributed by atoms with Gasteiger partial charge >= 0.3 is 6.18 Å². The topological polar surface area (TPSA) is 42.9 Å². The lowest BCUT2D eigenvalue weighted by atomic mass is 9.97. The molecule has 2 aromatic heterocycles. The molecule has 0 aliphatic heterocycles. The number of pyridine rings is 2. The van der Waals surface area contributed by atoms with E-state index < -0.39 is 11.7 Å². The Morgan fingerprint density at radius 1 is 0.966 bits per heavy atom. The summed E-state index contributed by atoms with van der Waals surface area (Å²) in [6, 6.07) is 10.7. The summed E-state index contributed by atoms with van der Waals surface area (Å²) in [5.74, 6) is -0.315. The lowest BCUT2D eigenvalue weighted by molar-refractivity contribution is -0.137. The van der Waals surface area contributed by atoms with Gasteiger partial charge in [0, 0.05) is 35.6 Å². The Hall–Kier alpha value is -3.02. The molecule has 0 fully saturated rings. The number of aryl methyl sites for hydroxylation is 3. The van der Waals surface area contributed by atoms with Gasteiger partial charge in [-0.15, -0.1) is 0 Å². The molecule has 0 aliphatic rings. The average molecular weight is 398 g/mol. The molecule has 0 bridgehead atoms. The first kappa shape index (κ1) is 20.7. The molecule has 0 spiro atoms. The van der Waals surface area contributed by atoms with Crippen molar-refractivity contribution >= 4 is 5.78 Å². The highest BCUT2D eigenvalue weighted by atomic mass is 19.4. The van der Waals surface area contributed by atoms with E-state index in [9.17, 15) is 18.0 Å². The SMILES string of the molecule is Cc1ccc(-c2cc(C(=O)CCCc3ccc(C)nc3)cc(C(F)(F)F)c2)nc1. The van der Waals surface area contributed by atoms with Crippen LogP contribution in [0, 0.1) is 13.8 Å². The quantitative estimate of drug-likeness (QED) is 0.479. The summed E-state index contributed by atoms with van der Waals surface area (Å²) in [6.07, 6.45) is 0.152. The molecule has 6 heteroatoms. The van der Waals surface area contributed by atoms with E-state index in [2.05, 4.69) is 9.97 Å². The highest BCUT2D eigenvalue weighted by Crippen LogP contribution is 2.33. The largest absolute Gasteiger partial charge is 0.416 e. The van der Waals surface area contributed by atoms with Crippen LogP contribution in [-0.4, -0.2) is 15.8 Å². The number of benzene rings is 1. The molecule has 0 saturated carbocycles. The molecule has 3 rings (SSSR count). The van der Waals surface area contributed by atoms with Crippen LogP contribution in [0.5, 0.6) is 0 Å². The zero-order valence-corrected chi connectivity index (χ0v) is 16.3. The first-order chi connectivity index (χ1) is 13.7. The summed E-state index contributed by atoms with van der Waals surface area (Å²) in [5.41, 5.74) is 2.71. The second-order valence-corrected chi connectivity index (χ2v) is 7.10. The van der Waals surface area contributed by atoms with E-state index in [0.29, 0.717) is 18.5 Å². The second kappa shape index (κ2) is 8.55. The van der Waals surface area contributed by atoms with E-state index in [1.54, 1.807) is 24.5 Å². The predicted molar refractivity (Wildman–Crippen MR) is 106 cm³/mol. The summed E-state index contributed by atoms with van der Waals surface area (Å²) in [4.78, 5) is 21.0. The minimum Gasteiger partial charge on any atom is -0.294 e. The number of carbonyl (C=O) groups is 1. The third-order valence-electron chi connectivity index (χ3n) is 4.63. The lowest BCUT2D eigenvalue weighted by Crippen LogP contribution is -2.09. The number of alkyl halides is 3. The summed E-state index contributed by atoms with van der Waals surface area (Å²) >= 11 is 0. The van der Waals surface area contributed by atoms with Crippen LogP contribution in [0.4, 0.5) is 13.2 Å². The van der Waals surface area contributed by atoms with Crippen molar-refractivity contribution in [3.05, 3.63) is 82.8 Å². The summed E-state index contributed by atoms with van der Waals surface area (Å²) in [6.45, 7) is 3.74. The van der Waals surface area contributed by atoms with Crippen LogP contribution in [0.2, 0.25) is 0 Å². The number of ketones is 1. The molecule has 2 heterocycles. The molecule has 0 atom stereocenters. The van der Waals surface area contributed by atoms with Gasteiger partial charge in [0.05, 0.1) is 11.3 Å². The number of Topliss-reactive ketones (excluding diaryl/α,β-unsaturated/α-hetero) is 1. The number of hydrogen-bond donors (Lipinski definition) is 0. The fraction of sp³-hybridized carbons (Fsp3) is 0.261. The monoisotopic (exact) mass is 398 g/mol. The second-order valence-electron chi connectivity index (χ2n) is 7.10. The van der Waals surface area contributed by atoms with Crippen LogP contribution >= 0.6 is 0 Å². The van der Waals surface area contributed by atoms with Gasteiger partial charge in [0.15, 0.2) is 5.78 Å². The molecular weight excluding hydrogens is 377 g/mol. The van der Waals surface area contributed by atoms with Crippen LogP contribution in [-0.2, 0) is 12.6 Å². The van der Waals surface area contributed by atoms with Crippen molar-refractivity contribution in [2.45, 2.75) is 39.3 Å². The molecule has 0 radical (unpaired) electrons. The highest BCUT2D eigenvalue weighted by Gasteiger charge is 2.32. The number of nitrogens with zero attached hydrogens (tertiary/aromatic N) is 2. The molecule has 29 heavy (non-hydrogen) atoms. The first-order valence-corrected chi connectivity index (χ1v) is 9.32. The van der Waals surface area contributed by atoms with E-state index in [-0.39, 0.29) is 23.3 Å². The van der Waals surface area contributed by atoms with Crippen LogP contribution in [0.15, 0.2) is 54.9 Å². The number of carbonyl (C=O) groups excluding carboxylic acids is 1. The molecule has 0 aliphatic carbocycles. The normalized spacial score (nSPS) is 11.5. The Bertz CT molecular complexity index is 994. The first-order valence-electron chi connectivity index (χ1n) is 9.32. The van der Waals surface area contributed by atoms with Crippen molar-refractivity contribution in [2.75, 3.05) is 0 Å². The number of halogens is 3. The van der Waals surface area contributed by atoms with Gasteiger partial charge in [-0.2, -0.15) is 13.2 Å². The maximum absolute atomic E-state index is 13.4. The minimum atomic E-state index is -4.54. The van der Waals surface area contributed by atoms with Gasteiger partial charge in [0.2, 0.25) is 0 Å². The molecular formula is C23H21F3N2O.